The second-order valence-corrected chi connectivity index (χ2v) is 5.10. The Balaban J connectivity index is 2.07. The Morgan fingerprint density at radius 3 is 2.50 bits per heavy atom. The lowest BCUT2D eigenvalue weighted by molar-refractivity contribution is 0.317. The summed E-state index contributed by atoms with van der Waals surface area (Å²) in [5.41, 5.74) is 0. The highest BCUT2D eigenvalue weighted by molar-refractivity contribution is 7.98. The number of hydrogen-bond donors (Lipinski definition) is 0. The van der Waals surface area contributed by atoms with Gasteiger partial charge in [-0.15, -0.1) is 0 Å². The second kappa shape index (κ2) is 7.36. The van der Waals surface area contributed by atoms with Crippen molar-refractivity contribution >= 4 is 23.4 Å². The predicted octanol–water partition coefficient (Wildman–Crippen LogP) is 4.43. The van der Waals surface area contributed by atoms with Crippen LogP contribution in [0.3, 0.4) is 0 Å². The molecule has 20 heavy (non-hydrogen) atoms. The van der Waals surface area contributed by atoms with E-state index in [9.17, 15) is 0 Å². The molecule has 0 aliphatic rings. The smallest absolute Gasteiger partial charge is 0.224 e. The molecule has 2 aromatic rings. The number of thioether (sulfide) groups is 1. The quantitative estimate of drug-likeness (QED) is 0.448. The fourth-order valence-electron chi connectivity index (χ4n) is 1.47. The van der Waals surface area contributed by atoms with E-state index in [1.54, 1.807) is 6.07 Å². The van der Waals surface area contributed by atoms with Gasteiger partial charge in [0, 0.05) is 6.07 Å². The van der Waals surface area contributed by atoms with Crippen molar-refractivity contribution in [2.75, 3.05) is 12.9 Å². The van der Waals surface area contributed by atoms with Crippen LogP contribution in [0.4, 0.5) is 0 Å². The van der Waals surface area contributed by atoms with Gasteiger partial charge in [0.15, 0.2) is 5.16 Å². The molecule has 0 N–H and O–H groups in total. The molecule has 0 fully saturated rings. The average Bonchev–Trinajstić information content (AvgIpc) is 2.46. The number of halogens is 1. The Bertz CT molecular complexity index is 564. The third-order valence-electron chi connectivity index (χ3n) is 2.35. The van der Waals surface area contributed by atoms with Gasteiger partial charge in [-0.2, -0.15) is 4.98 Å². The van der Waals surface area contributed by atoms with Gasteiger partial charge >= 0.3 is 0 Å². The third kappa shape index (κ3) is 4.28. The first-order valence-corrected chi connectivity index (χ1v) is 7.81. The van der Waals surface area contributed by atoms with Crippen molar-refractivity contribution in [3.63, 3.8) is 0 Å². The van der Waals surface area contributed by atoms with Crippen molar-refractivity contribution in [2.45, 2.75) is 18.5 Å². The molecule has 0 saturated heterocycles. The lowest BCUT2D eigenvalue weighted by atomic mass is 10.3. The van der Waals surface area contributed by atoms with Crippen LogP contribution in [0.2, 0.25) is 5.15 Å². The van der Waals surface area contributed by atoms with E-state index in [0.29, 0.717) is 28.5 Å². The summed E-state index contributed by atoms with van der Waals surface area (Å²) in [5.74, 6) is 1.93. The Labute approximate surface area is 127 Å². The summed E-state index contributed by atoms with van der Waals surface area (Å²) in [7, 11) is 0. The summed E-state index contributed by atoms with van der Waals surface area (Å²) < 4.78 is 11.2. The zero-order chi connectivity index (χ0) is 14.4. The molecule has 1 aromatic heterocycles. The Hall–Kier alpha value is -1.46. The molecule has 0 radical (unpaired) electrons. The first kappa shape index (κ1) is 14.9. The minimum atomic E-state index is 0.363. The SMILES string of the molecule is CCCOc1ccc(Oc2cc(Cl)nc(SC)n2)cc1. The molecule has 0 spiro atoms. The molecule has 0 aliphatic carbocycles. The third-order valence-corrected chi connectivity index (χ3v) is 3.09. The van der Waals surface area contributed by atoms with Gasteiger partial charge in [0.05, 0.1) is 6.61 Å². The summed E-state index contributed by atoms with van der Waals surface area (Å²) in [4.78, 5) is 8.29. The molecule has 0 bridgehead atoms. The largest absolute Gasteiger partial charge is 0.494 e. The van der Waals surface area contributed by atoms with Gasteiger partial charge in [-0.1, -0.05) is 30.3 Å². The standard InChI is InChI=1S/C14H15ClN2O2S/c1-3-8-18-10-4-6-11(7-5-10)19-13-9-12(15)16-14(17-13)20-2/h4-7,9H,3,8H2,1-2H3. The second-order valence-electron chi connectivity index (χ2n) is 3.94. The topological polar surface area (TPSA) is 44.2 Å². The molecule has 4 nitrogen and oxygen atoms in total. The summed E-state index contributed by atoms with van der Waals surface area (Å²) in [6.45, 7) is 2.78. The number of nitrogens with zero attached hydrogens (tertiary/aromatic N) is 2. The predicted molar refractivity (Wildman–Crippen MR) is 81.1 cm³/mol. The van der Waals surface area contributed by atoms with Crippen molar-refractivity contribution in [1.82, 2.24) is 9.97 Å². The van der Waals surface area contributed by atoms with Crippen LogP contribution >= 0.6 is 23.4 Å². The van der Waals surface area contributed by atoms with E-state index in [-0.39, 0.29) is 0 Å². The molecule has 6 heteroatoms. The molecular weight excluding hydrogens is 296 g/mol. The maximum Gasteiger partial charge on any atom is 0.224 e. The lowest BCUT2D eigenvalue weighted by Crippen LogP contribution is -1.95. The van der Waals surface area contributed by atoms with Gasteiger partial charge in [0.25, 0.3) is 0 Å². The fraction of sp³-hybridized carbons (Fsp3) is 0.286. The van der Waals surface area contributed by atoms with E-state index >= 15 is 0 Å². The van der Waals surface area contributed by atoms with Gasteiger partial charge in [0.2, 0.25) is 5.88 Å². The Morgan fingerprint density at radius 1 is 1.15 bits per heavy atom. The molecule has 0 atom stereocenters. The van der Waals surface area contributed by atoms with E-state index in [2.05, 4.69) is 16.9 Å². The van der Waals surface area contributed by atoms with Crippen LogP contribution in [-0.2, 0) is 0 Å². The number of benzene rings is 1. The van der Waals surface area contributed by atoms with E-state index < -0.39 is 0 Å². The summed E-state index contributed by atoms with van der Waals surface area (Å²) in [6, 6.07) is 8.98. The van der Waals surface area contributed by atoms with Crippen LogP contribution in [0.1, 0.15) is 13.3 Å². The molecule has 0 unspecified atom stereocenters. The average molecular weight is 311 g/mol. The normalized spacial score (nSPS) is 10.3. The van der Waals surface area contributed by atoms with Crippen LogP contribution in [0, 0.1) is 0 Å². The molecule has 0 amide bonds. The molecule has 0 saturated carbocycles. The first-order chi connectivity index (χ1) is 9.71. The molecule has 2 rings (SSSR count). The monoisotopic (exact) mass is 310 g/mol. The van der Waals surface area contributed by atoms with Gasteiger partial charge in [-0.05, 0) is 36.9 Å². The highest BCUT2D eigenvalue weighted by Crippen LogP contribution is 2.25. The number of ether oxygens (including phenoxy) is 2. The van der Waals surface area contributed by atoms with Gasteiger partial charge in [-0.3, -0.25) is 0 Å². The molecule has 1 heterocycles. The maximum absolute atomic E-state index is 5.91. The first-order valence-electron chi connectivity index (χ1n) is 6.20. The fourth-order valence-corrected chi connectivity index (χ4v) is 2.06. The van der Waals surface area contributed by atoms with Crippen LogP contribution < -0.4 is 9.47 Å². The number of rotatable bonds is 6. The van der Waals surface area contributed by atoms with E-state index in [1.807, 2.05) is 30.5 Å². The highest BCUT2D eigenvalue weighted by Gasteiger charge is 2.05. The minimum Gasteiger partial charge on any atom is -0.494 e. The van der Waals surface area contributed by atoms with Crippen LogP contribution in [0.25, 0.3) is 0 Å². The zero-order valence-electron chi connectivity index (χ0n) is 11.3. The van der Waals surface area contributed by atoms with Crippen LogP contribution in [0.15, 0.2) is 35.5 Å². The van der Waals surface area contributed by atoms with Crippen LogP contribution in [-0.4, -0.2) is 22.8 Å². The molecular formula is C14H15ClN2O2S. The molecule has 0 aliphatic heterocycles. The van der Waals surface area contributed by atoms with Crippen molar-refractivity contribution in [3.8, 4) is 17.4 Å². The van der Waals surface area contributed by atoms with Gasteiger partial charge in [0.1, 0.15) is 16.7 Å². The summed E-state index contributed by atoms with van der Waals surface area (Å²) >= 11 is 7.33. The lowest BCUT2D eigenvalue weighted by Gasteiger charge is -2.08. The Kier molecular flexibility index (Phi) is 5.49. The minimum absolute atomic E-state index is 0.363. The molecule has 1 aromatic carbocycles. The van der Waals surface area contributed by atoms with E-state index in [0.717, 1.165) is 12.2 Å². The molecule has 106 valence electrons. The number of aromatic nitrogens is 2. The zero-order valence-corrected chi connectivity index (χ0v) is 12.9. The Morgan fingerprint density at radius 2 is 1.85 bits per heavy atom. The maximum atomic E-state index is 5.91. The van der Waals surface area contributed by atoms with Crippen molar-refractivity contribution in [1.29, 1.82) is 0 Å². The highest BCUT2D eigenvalue weighted by atomic mass is 35.5. The van der Waals surface area contributed by atoms with Gasteiger partial charge < -0.3 is 9.47 Å². The van der Waals surface area contributed by atoms with Crippen molar-refractivity contribution < 1.29 is 9.47 Å². The number of hydrogen-bond acceptors (Lipinski definition) is 5. The van der Waals surface area contributed by atoms with E-state index in [4.69, 9.17) is 21.1 Å². The van der Waals surface area contributed by atoms with E-state index in [1.165, 1.54) is 11.8 Å². The van der Waals surface area contributed by atoms with Crippen LogP contribution in [0.5, 0.6) is 17.4 Å². The van der Waals surface area contributed by atoms with Crippen molar-refractivity contribution in [2.24, 2.45) is 0 Å². The van der Waals surface area contributed by atoms with Crippen molar-refractivity contribution in [3.05, 3.63) is 35.5 Å². The van der Waals surface area contributed by atoms with Gasteiger partial charge in [-0.25, -0.2) is 4.98 Å². The summed E-state index contributed by atoms with van der Waals surface area (Å²) in [5, 5.41) is 0.942. The summed E-state index contributed by atoms with van der Waals surface area (Å²) in [6.07, 6.45) is 2.87.